The molecule has 0 aliphatic carbocycles. The Bertz CT molecular complexity index is 825. The minimum absolute atomic E-state index is 0.103. The number of hydrogen-bond donors (Lipinski definition) is 0. The predicted molar refractivity (Wildman–Crippen MR) is 116 cm³/mol. The van der Waals surface area contributed by atoms with E-state index in [0.29, 0.717) is 12.8 Å². The number of carbonyl (C=O) groups excluding carboxylic acids is 2. The number of hydrogen-bond acceptors (Lipinski definition) is 4. The van der Waals surface area contributed by atoms with E-state index in [1.54, 1.807) is 11.9 Å². The topological polar surface area (TPSA) is 56.8 Å². The number of anilines is 2. The highest BCUT2D eigenvalue weighted by Gasteiger charge is 2.21. The van der Waals surface area contributed by atoms with E-state index in [4.69, 9.17) is 0 Å². The fraction of sp³-hybridized carbons (Fsp3) is 0.435. The monoisotopic (exact) mass is 394 g/mol. The van der Waals surface area contributed by atoms with Crippen LogP contribution in [0.1, 0.15) is 31.0 Å². The zero-order valence-electron chi connectivity index (χ0n) is 17.6. The van der Waals surface area contributed by atoms with Gasteiger partial charge in [0.2, 0.25) is 11.8 Å². The second-order valence-corrected chi connectivity index (χ2v) is 7.50. The Morgan fingerprint density at radius 1 is 1.03 bits per heavy atom. The zero-order valence-corrected chi connectivity index (χ0v) is 17.6. The van der Waals surface area contributed by atoms with Gasteiger partial charge in [-0.2, -0.15) is 0 Å². The maximum absolute atomic E-state index is 12.5. The van der Waals surface area contributed by atoms with Gasteiger partial charge in [-0.3, -0.25) is 14.6 Å². The van der Waals surface area contributed by atoms with Crippen LogP contribution in [0.4, 0.5) is 11.4 Å². The highest BCUT2D eigenvalue weighted by Crippen LogP contribution is 2.22. The highest BCUT2D eigenvalue weighted by atomic mass is 16.2. The van der Waals surface area contributed by atoms with Gasteiger partial charge in [-0.1, -0.05) is 13.0 Å². The van der Waals surface area contributed by atoms with E-state index in [0.717, 1.165) is 55.2 Å². The van der Waals surface area contributed by atoms with Crippen molar-refractivity contribution in [2.45, 2.75) is 33.1 Å². The van der Waals surface area contributed by atoms with Crippen molar-refractivity contribution >= 4 is 23.2 Å². The van der Waals surface area contributed by atoms with E-state index in [1.165, 1.54) is 0 Å². The van der Waals surface area contributed by atoms with Gasteiger partial charge in [0, 0.05) is 69.3 Å². The minimum Gasteiger partial charge on any atom is -0.368 e. The third-order valence-corrected chi connectivity index (χ3v) is 5.51. The van der Waals surface area contributed by atoms with Gasteiger partial charge in [-0.25, -0.2) is 0 Å². The Kier molecular flexibility index (Phi) is 6.86. The molecule has 29 heavy (non-hydrogen) atoms. The number of piperazine rings is 1. The molecular weight excluding hydrogens is 364 g/mol. The van der Waals surface area contributed by atoms with Gasteiger partial charge in [0.25, 0.3) is 0 Å². The SMILES string of the molecule is CCC(=O)N(C)c1ccc(N2CCN(C(=O)CCc3ccc(C)nc3)CC2)cc1. The molecule has 1 aliphatic rings. The summed E-state index contributed by atoms with van der Waals surface area (Å²) in [5.41, 5.74) is 4.13. The number of aromatic nitrogens is 1. The van der Waals surface area contributed by atoms with Crippen molar-refractivity contribution in [3.8, 4) is 0 Å². The summed E-state index contributed by atoms with van der Waals surface area (Å²) in [4.78, 5) is 34.6. The standard InChI is InChI=1S/C23H30N4O2/c1-4-22(28)25(3)20-8-10-21(11-9-20)26-13-15-27(16-14-26)23(29)12-7-19-6-5-18(2)24-17-19/h5-6,8-11,17H,4,7,12-16H2,1-3H3. The molecular formula is C23H30N4O2. The lowest BCUT2D eigenvalue weighted by Crippen LogP contribution is -2.48. The first kappa shape index (κ1) is 20.8. The first-order valence-corrected chi connectivity index (χ1v) is 10.3. The molecule has 1 aromatic heterocycles. The third kappa shape index (κ3) is 5.34. The van der Waals surface area contributed by atoms with Crippen LogP contribution < -0.4 is 9.80 Å². The van der Waals surface area contributed by atoms with E-state index in [1.807, 2.05) is 49.2 Å². The third-order valence-electron chi connectivity index (χ3n) is 5.51. The molecule has 6 nitrogen and oxygen atoms in total. The second kappa shape index (κ2) is 9.54. The Hall–Kier alpha value is -2.89. The number of aryl methyl sites for hydroxylation is 2. The summed E-state index contributed by atoms with van der Waals surface area (Å²) in [6.07, 6.45) is 3.61. The number of rotatable bonds is 6. The number of carbonyl (C=O) groups is 2. The summed E-state index contributed by atoms with van der Waals surface area (Å²) >= 11 is 0. The van der Waals surface area contributed by atoms with Gasteiger partial charge < -0.3 is 14.7 Å². The second-order valence-electron chi connectivity index (χ2n) is 7.50. The lowest BCUT2D eigenvalue weighted by Gasteiger charge is -2.36. The van der Waals surface area contributed by atoms with Crippen LogP contribution in [-0.2, 0) is 16.0 Å². The van der Waals surface area contributed by atoms with Crippen LogP contribution >= 0.6 is 0 Å². The van der Waals surface area contributed by atoms with Crippen LogP contribution in [0.15, 0.2) is 42.6 Å². The van der Waals surface area contributed by atoms with Crippen molar-refractivity contribution in [3.05, 3.63) is 53.9 Å². The van der Waals surface area contributed by atoms with Gasteiger partial charge in [-0.05, 0) is 49.2 Å². The molecule has 0 saturated carbocycles. The van der Waals surface area contributed by atoms with Crippen molar-refractivity contribution in [2.24, 2.45) is 0 Å². The van der Waals surface area contributed by atoms with E-state index >= 15 is 0 Å². The molecule has 3 rings (SSSR count). The average Bonchev–Trinajstić information content (AvgIpc) is 2.77. The average molecular weight is 395 g/mol. The Balaban J connectivity index is 1.49. The number of nitrogens with zero attached hydrogens (tertiary/aromatic N) is 4. The molecule has 154 valence electrons. The van der Waals surface area contributed by atoms with E-state index in [-0.39, 0.29) is 11.8 Å². The van der Waals surface area contributed by atoms with Crippen LogP contribution in [0.2, 0.25) is 0 Å². The van der Waals surface area contributed by atoms with Crippen molar-refractivity contribution in [1.82, 2.24) is 9.88 Å². The summed E-state index contributed by atoms with van der Waals surface area (Å²) < 4.78 is 0. The molecule has 2 heterocycles. The van der Waals surface area contributed by atoms with Crippen molar-refractivity contribution < 1.29 is 9.59 Å². The summed E-state index contributed by atoms with van der Waals surface area (Å²) in [6, 6.07) is 12.1. The fourth-order valence-corrected chi connectivity index (χ4v) is 3.54. The number of benzene rings is 1. The molecule has 0 radical (unpaired) electrons. The normalized spacial score (nSPS) is 14.0. The molecule has 0 unspecified atom stereocenters. The van der Waals surface area contributed by atoms with Crippen molar-refractivity contribution in [1.29, 1.82) is 0 Å². The van der Waals surface area contributed by atoms with Crippen molar-refractivity contribution in [2.75, 3.05) is 43.0 Å². The van der Waals surface area contributed by atoms with Gasteiger partial charge >= 0.3 is 0 Å². The van der Waals surface area contributed by atoms with Crippen LogP contribution in [0, 0.1) is 6.92 Å². The minimum atomic E-state index is 0.103. The molecule has 2 amide bonds. The first-order valence-electron chi connectivity index (χ1n) is 10.3. The van der Waals surface area contributed by atoms with Crippen LogP contribution in [0.5, 0.6) is 0 Å². The maximum atomic E-state index is 12.5. The quantitative estimate of drug-likeness (QED) is 0.756. The van der Waals surface area contributed by atoms with Crippen LogP contribution in [0.3, 0.4) is 0 Å². The van der Waals surface area contributed by atoms with Gasteiger partial charge in [0.15, 0.2) is 0 Å². The molecule has 0 atom stereocenters. The smallest absolute Gasteiger partial charge is 0.226 e. The Morgan fingerprint density at radius 2 is 1.72 bits per heavy atom. The van der Waals surface area contributed by atoms with E-state index < -0.39 is 0 Å². The Labute approximate surface area is 173 Å². The maximum Gasteiger partial charge on any atom is 0.226 e. The Morgan fingerprint density at radius 3 is 2.31 bits per heavy atom. The lowest BCUT2D eigenvalue weighted by atomic mass is 10.1. The van der Waals surface area contributed by atoms with Crippen molar-refractivity contribution in [3.63, 3.8) is 0 Å². The zero-order chi connectivity index (χ0) is 20.8. The molecule has 6 heteroatoms. The predicted octanol–water partition coefficient (Wildman–Crippen LogP) is 3.04. The fourth-order valence-electron chi connectivity index (χ4n) is 3.54. The van der Waals surface area contributed by atoms with Crippen LogP contribution in [-0.4, -0.2) is 54.9 Å². The van der Waals surface area contributed by atoms with E-state index in [2.05, 4.69) is 22.0 Å². The summed E-state index contributed by atoms with van der Waals surface area (Å²) in [5, 5.41) is 0. The lowest BCUT2D eigenvalue weighted by molar-refractivity contribution is -0.131. The van der Waals surface area contributed by atoms with E-state index in [9.17, 15) is 9.59 Å². The first-order chi connectivity index (χ1) is 14.0. The molecule has 2 aromatic rings. The molecule has 0 spiro atoms. The molecule has 1 fully saturated rings. The van der Waals surface area contributed by atoms with Gasteiger partial charge in [0.05, 0.1) is 0 Å². The summed E-state index contributed by atoms with van der Waals surface area (Å²) in [6.45, 7) is 6.94. The van der Waals surface area contributed by atoms with Crippen LogP contribution in [0.25, 0.3) is 0 Å². The molecule has 0 bridgehead atoms. The number of amides is 2. The highest BCUT2D eigenvalue weighted by molar-refractivity contribution is 5.92. The van der Waals surface area contributed by atoms with Gasteiger partial charge in [-0.15, -0.1) is 0 Å². The molecule has 0 N–H and O–H groups in total. The molecule has 1 saturated heterocycles. The summed E-state index contributed by atoms with van der Waals surface area (Å²) in [7, 11) is 1.80. The van der Waals surface area contributed by atoms with Gasteiger partial charge in [0.1, 0.15) is 0 Å². The molecule has 1 aromatic carbocycles. The largest absolute Gasteiger partial charge is 0.368 e. The number of pyridine rings is 1. The molecule has 1 aliphatic heterocycles. The summed E-state index contributed by atoms with van der Waals surface area (Å²) in [5.74, 6) is 0.312.